The summed E-state index contributed by atoms with van der Waals surface area (Å²) in [6, 6.07) is 23.8. The van der Waals surface area contributed by atoms with Gasteiger partial charge in [-0.1, -0.05) is 68.4 Å². The summed E-state index contributed by atoms with van der Waals surface area (Å²) in [6.45, 7) is 6.31. The average molecular weight is 446 g/mol. The number of pyridine rings is 1. The zero-order valence-electron chi connectivity index (χ0n) is 18.4. The number of para-hydroxylation sites is 1. The number of anilines is 1. The van der Waals surface area contributed by atoms with E-state index >= 15 is 0 Å². The monoisotopic (exact) mass is 445 g/mol. The van der Waals surface area contributed by atoms with Crippen LogP contribution in [0.4, 0.5) is 5.82 Å². The maximum atomic E-state index is 13.2. The van der Waals surface area contributed by atoms with Crippen LogP contribution in [-0.4, -0.2) is 43.9 Å². The van der Waals surface area contributed by atoms with Crippen molar-refractivity contribution in [3.8, 4) is 0 Å². The van der Waals surface area contributed by atoms with E-state index in [0.717, 1.165) is 27.7 Å². The minimum atomic E-state index is -3.50. The van der Waals surface area contributed by atoms with Gasteiger partial charge < -0.3 is 4.90 Å². The van der Waals surface area contributed by atoms with E-state index in [4.69, 9.17) is 4.98 Å². The molecule has 1 aliphatic rings. The summed E-state index contributed by atoms with van der Waals surface area (Å²) in [5, 5.41) is 3.41. The van der Waals surface area contributed by atoms with E-state index in [0.29, 0.717) is 37.0 Å². The molecule has 5 rings (SSSR count). The van der Waals surface area contributed by atoms with Crippen LogP contribution in [0.5, 0.6) is 0 Å². The molecule has 1 aromatic heterocycles. The van der Waals surface area contributed by atoms with E-state index in [1.807, 2.05) is 42.5 Å². The van der Waals surface area contributed by atoms with Gasteiger partial charge in [0, 0.05) is 37.0 Å². The summed E-state index contributed by atoms with van der Waals surface area (Å²) in [5.74, 6) is 1.30. The molecule has 5 nitrogen and oxygen atoms in total. The highest BCUT2D eigenvalue weighted by atomic mass is 32.2. The molecular formula is C26H27N3O2S. The molecule has 6 heteroatoms. The van der Waals surface area contributed by atoms with Crippen molar-refractivity contribution in [3.63, 3.8) is 0 Å². The predicted molar refractivity (Wildman–Crippen MR) is 131 cm³/mol. The number of nitrogens with zero attached hydrogens (tertiary/aromatic N) is 3. The van der Waals surface area contributed by atoms with E-state index in [9.17, 15) is 8.42 Å². The third-order valence-corrected chi connectivity index (χ3v) is 8.22. The zero-order chi connectivity index (χ0) is 22.3. The van der Waals surface area contributed by atoms with E-state index < -0.39 is 10.0 Å². The lowest BCUT2D eigenvalue weighted by Crippen LogP contribution is -2.49. The van der Waals surface area contributed by atoms with Crippen molar-refractivity contribution in [2.75, 3.05) is 31.1 Å². The van der Waals surface area contributed by atoms with Crippen LogP contribution in [0.25, 0.3) is 21.7 Å². The van der Waals surface area contributed by atoms with Crippen LogP contribution in [0.3, 0.4) is 0 Å². The maximum absolute atomic E-state index is 13.2. The van der Waals surface area contributed by atoms with Crippen molar-refractivity contribution in [1.29, 1.82) is 0 Å². The summed E-state index contributed by atoms with van der Waals surface area (Å²) in [6.07, 6.45) is 0. The smallest absolute Gasteiger partial charge is 0.243 e. The predicted octanol–water partition coefficient (Wildman–Crippen LogP) is 5.02. The topological polar surface area (TPSA) is 53.5 Å². The molecular weight excluding hydrogens is 418 g/mol. The van der Waals surface area contributed by atoms with Gasteiger partial charge in [-0.2, -0.15) is 4.31 Å². The molecule has 32 heavy (non-hydrogen) atoms. The fourth-order valence-electron chi connectivity index (χ4n) is 4.44. The summed E-state index contributed by atoms with van der Waals surface area (Å²) in [5.41, 5.74) is 2.10. The number of benzene rings is 3. The van der Waals surface area contributed by atoms with Crippen LogP contribution in [0.1, 0.15) is 25.3 Å². The Hall–Kier alpha value is -2.96. The molecule has 1 fully saturated rings. The number of aromatic nitrogens is 1. The molecule has 4 aromatic rings. The van der Waals surface area contributed by atoms with Crippen LogP contribution in [-0.2, 0) is 10.0 Å². The third-order valence-electron chi connectivity index (χ3n) is 6.31. The Morgan fingerprint density at radius 1 is 0.750 bits per heavy atom. The lowest BCUT2D eigenvalue weighted by atomic mass is 10.0. The largest absolute Gasteiger partial charge is 0.353 e. The van der Waals surface area contributed by atoms with E-state index in [1.54, 1.807) is 16.4 Å². The van der Waals surface area contributed by atoms with Gasteiger partial charge in [0.05, 0.1) is 10.4 Å². The highest BCUT2D eigenvalue weighted by Crippen LogP contribution is 2.32. The minimum Gasteiger partial charge on any atom is -0.353 e. The molecule has 0 N–H and O–H groups in total. The van der Waals surface area contributed by atoms with Crippen LogP contribution in [0.2, 0.25) is 0 Å². The van der Waals surface area contributed by atoms with Crippen LogP contribution in [0, 0.1) is 0 Å². The van der Waals surface area contributed by atoms with Crippen molar-refractivity contribution >= 4 is 37.5 Å². The first-order valence-electron chi connectivity index (χ1n) is 11.1. The Balaban J connectivity index is 1.41. The number of rotatable bonds is 4. The van der Waals surface area contributed by atoms with Crippen molar-refractivity contribution in [2.24, 2.45) is 0 Å². The van der Waals surface area contributed by atoms with Gasteiger partial charge >= 0.3 is 0 Å². The van der Waals surface area contributed by atoms with Crippen molar-refractivity contribution in [2.45, 2.75) is 24.7 Å². The second-order valence-corrected chi connectivity index (χ2v) is 10.6. The molecule has 0 unspecified atom stereocenters. The highest BCUT2D eigenvalue weighted by molar-refractivity contribution is 7.89. The molecule has 1 saturated heterocycles. The first-order valence-corrected chi connectivity index (χ1v) is 12.5. The first kappa shape index (κ1) is 20.9. The fourth-order valence-corrected chi connectivity index (χ4v) is 5.86. The number of hydrogen-bond acceptors (Lipinski definition) is 4. The minimum absolute atomic E-state index is 0.365. The van der Waals surface area contributed by atoms with Crippen LogP contribution in [0.15, 0.2) is 77.7 Å². The Morgan fingerprint density at radius 2 is 1.34 bits per heavy atom. The van der Waals surface area contributed by atoms with Gasteiger partial charge in [-0.05, 0) is 35.1 Å². The Labute approximate surface area is 189 Å². The van der Waals surface area contributed by atoms with Crippen LogP contribution < -0.4 is 4.90 Å². The zero-order valence-corrected chi connectivity index (χ0v) is 19.2. The van der Waals surface area contributed by atoms with Crippen molar-refractivity contribution < 1.29 is 8.42 Å². The standard InChI is InChI=1S/C26H27N3O2S/c1-19(2)20-11-13-21(14-12-20)32(30,31)29-17-15-28(16-18-29)26-24-9-4-3-7-22(24)23-8-5-6-10-25(23)27-26/h3-14,19H,15-18H2,1-2H3. The maximum Gasteiger partial charge on any atom is 0.243 e. The van der Waals surface area contributed by atoms with E-state index in [-0.39, 0.29) is 0 Å². The van der Waals surface area contributed by atoms with Gasteiger partial charge in [-0.3, -0.25) is 0 Å². The first-order chi connectivity index (χ1) is 15.4. The number of sulfonamides is 1. The molecule has 0 bridgehead atoms. The molecule has 2 heterocycles. The van der Waals surface area contributed by atoms with Gasteiger partial charge in [-0.25, -0.2) is 13.4 Å². The summed E-state index contributed by atoms with van der Waals surface area (Å²) in [7, 11) is -3.50. The van der Waals surface area contributed by atoms with E-state index in [1.165, 1.54) is 5.39 Å². The van der Waals surface area contributed by atoms with Gasteiger partial charge in [0.25, 0.3) is 0 Å². The Morgan fingerprint density at radius 3 is 2.00 bits per heavy atom. The fraction of sp³-hybridized carbons (Fsp3) is 0.269. The number of hydrogen-bond donors (Lipinski definition) is 0. The van der Waals surface area contributed by atoms with Gasteiger partial charge in [0.1, 0.15) is 5.82 Å². The second kappa shape index (κ2) is 8.19. The molecule has 1 aliphatic heterocycles. The number of piperazine rings is 1. The summed E-state index contributed by atoms with van der Waals surface area (Å²) >= 11 is 0. The molecule has 0 saturated carbocycles. The molecule has 3 aromatic carbocycles. The lowest BCUT2D eigenvalue weighted by Gasteiger charge is -2.35. The molecule has 164 valence electrons. The van der Waals surface area contributed by atoms with Gasteiger partial charge in [-0.15, -0.1) is 0 Å². The van der Waals surface area contributed by atoms with Gasteiger partial charge in [0.2, 0.25) is 10.0 Å². The SMILES string of the molecule is CC(C)c1ccc(S(=O)(=O)N2CCN(c3nc4ccccc4c4ccccc34)CC2)cc1. The third kappa shape index (κ3) is 3.63. The van der Waals surface area contributed by atoms with Crippen molar-refractivity contribution in [3.05, 3.63) is 78.4 Å². The average Bonchev–Trinajstić information content (AvgIpc) is 2.83. The highest BCUT2D eigenvalue weighted by Gasteiger charge is 2.29. The quantitative estimate of drug-likeness (QED) is 0.414. The van der Waals surface area contributed by atoms with Gasteiger partial charge in [0.15, 0.2) is 0 Å². The lowest BCUT2D eigenvalue weighted by molar-refractivity contribution is 0.384. The molecule has 0 aliphatic carbocycles. The van der Waals surface area contributed by atoms with Crippen LogP contribution >= 0.6 is 0 Å². The Bertz CT molecular complexity index is 1370. The van der Waals surface area contributed by atoms with E-state index in [2.05, 4.69) is 36.9 Å². The molecule has 0 spiro atoms. The summed E-state index contributed by atoms with van der Waals surface area (Å²) in [4.78, 5) is 7.53. The molecule has 0 radical (unpaired) electrons. The molecule has 0 atom stereocenters. The number of fused-ring (bicyclic) bond motifs is 3. The van der Waals surface area contributed by atoms with Crippen molar-refractivity contribution in [1.82, 2.24) is 9.29 Å². The molecule has 0 amide bonds. The normalized spacial score (nSPS) is 15.7. The Kier molecular flexibility index (Phi) is 5.35. The summed E-state index contributed by atoms with van der Waals surface area (Å²) < 4.78 is 28.0. The second-order valence-electron chi connectivity index (χ2n) is 8.61.